The fourth-order valence-corrected chi connectivity index (χ4v) is 2.28. The molecule has 0 unspecified atom stereocenters. The van der Waals surface area contributed by atoms with E-state index in [2.05, 4.69) is 26.2 Å². The molecule has 0 aliphatic rings. The van der Waals surface area contributed by atoms with Gasteiger partial charge in [0.25, 0.3) is 5.91 Å². The first kappa shape index (κ1) is 12.9. The standard InChI is InChI=1S/C15H11BrN2O2/c16-11-5-3-4-10(8-11)15(19)17-9-14-18-12-6-1-2-7-13(12)20-14/h1-8H,9H2,(H,17,19). The van der Waals surface area contributed by atoms with Crippen molar-refractivity contribution in [3.63, 3.8) is 0 Å². The van der Waals surface area contributed by atoms with Crippen molar-refractivity contribution in [3.05, 3.63) is 64.5 Å². The minimum absolute atomic E-state index is 0.159. The number of rotatable bonds is 3. The van der Waals surface area contributed by atoms with E-state index in [9.17, 15) is 4.79 Å². The maximum absolute atomic E-state index is 12.0. The van der Waals surface area contributed by atoms with Gasteiger partial charge in [0.1, 0.15) is 5.52 Å². The normalized spacial score (nSPS) is 10.7. The molecule has 100 valence electrons. The zero-order chi connectivity index (χ0) is 13.9. The van der Waals surface area contributed by atoms with Gasteiger partial charge >= 0.3 is 0 Å². The van der Waals surface area contributed by atoms with E-state index in [1.54, 1.807) is 12.1 Å². The van der Waals surface area contributed by atoms with Crippen LogP contribution >= 0.6 is 15.9 Å². The van der Waals surface area contributed by atoms with Crippen LogP contribution in [0.5, 0.6) is 0 Å². The van der Waals surface area contributed by atoms with Gasteiger partial charge in [-0.3, -0.25) is 4.79 Å². The van der Waals surface area contributed by atoms with Crippen LogP contribution in [0.3, 0.4) is 0 Å². The monoisotopic (exact) mass is 330 g/mol. The molecule has 0 saturated carbocycles. The zero-order valence-electron chi connectivity index (χ0n) is 10.5. The first-order valence-corrected chi connectivity index (χ1v) is 6.90. The number of oxazole rings is 1. The second-order valence-electron chi connectivity index (χ2n) is 4.27. The van der Waals surface area contributed by atoms with Gasteiger partial charge in [0.15, 0.2) is 5.58 Å². The molecule has 1 N–H and O–H groups in total. The molecule has 1 heterocycles. The fraction of sp³-hybridized carbons (Fsp3) is 0.0667. The Hall–Kier alpha value is -2.14. The molecule has 1 aromatic heterocycles. The second kappa shape index (κ2) is 5.46. The Morgan fingerprint density at radius 3 is 2.85 bits per heavy atom. The highest BCUT2D eigenvalue weighted by Gasteiger charge is 2.09. The third-order valence-corrected chi connectivity index (χ3v) is 3.32. The number of nitrogens with one attached hydrogen (secondary N) is 1. The summed E-state index contributed by atoms with van der Waals surface area (Å²) in [5, 5.41) is 2.79. The number of fused-ring (bicyclic) bond motifs is 1. The molecule has 2 aromatic carbocycles. The first-order valence-electron chi connectivity index (χ1n) is 6.10. The molecular formula is C15H11BrN2O2. The van der Waals surface area contributed by atoms with Crippen LogP contribution in [0.4, 0.5) is 0 Å². The average Bonchev–Trinajstić information content (AvgIpc) is 2.87. The smallest absolute Gasteiger partial charge is 0.251 e. The molecule has 0 aliphatic carbocycles. The Bertz CT molecular complexity index is 734. The third kappa shape index (κ3) is 2.72. The van der Waals surface area contributed by atoms with E-state index in [-0.39, 0.29) is 12.5 Å². The van der Waals surface area contributed by atoms with Crippen LogP contribution in [0.1, 0.15) is 16.2 Å². The van der Waals surface area contributed by atoms with Crippen molar-refractivity contribution in [2.24, 2.45) is 0 Å². The first-order chi connectivity index (χ1) is 9.72. The largest absolute Gasteiger partial charge is 0.439 e. The van der Waals surface area contributed by atoms with Crippen LogP contribution in [-0.2, 0) is 6.54 Å². The minimum atomic E-state index is -0.159. The van der Waals surface area contributed by atoms with E-state index in [1.807, 2.05) is 36.4 Å². The van der Waals surface area contributed by atoms with Crippen LogP contribution in [0.15, 0.2) is 57.4 Å². The van der Waals surface area contributed by atoms with Crippen molar-refractivity contribution in [3.8, 4) is 0 Å². The SMILES string of the molecule is O=C(NCc1nc2ccccc2o1)c1cccc(Br)c1. The summed E-state index contributed by atoms with van der Waals surface area (Å²) in [7, 11) is 0. The molecule has 3 aromatic rings. The number of nitrogens with zero attached hydrogens (tertiary/aromatic N) is 1. The lowest BCUT2D eigenvalue weighted by molar-refractivity contribution is 0.0947. The molecule has 3 rings (SSSR count). The summed E-state index contributed by atoms with van der Waals surface area (Å²) in [6.45, 7) is 0.264. The summed E-state index contributed by atoms with van der Waals surface area (Å²) < 4.78 is 6.41. The maximum atomic E-state index is 12.0. The molecule has 1 amide bonds. The van der Waals surface area contributed by atoms with Gasteiger partial charge < -0.3 is 9.73 Å². The Morgan fingerprint density at radius 2 is 2.05 bits per heavy atom. The highest BCUT2D eigenvalue weighted by molar-refractivity contribution is 9.10. The fourth-order valence-electron chi connectivity index (χ4n) is 1.88. The van der Waals surface area contributed by atoms with Crippen molar-refractivity contribution >= 4 is 32.9 Å². The van der Waals surface area contributed by atoms with Crippen LogP contribution < -0.4 is 5.32 Å². The highest BCUT2D eigenvalue weighted by atomic mass is 79.9. The quantitative estimate of drug-likeness (QED) is 0.799. The Kier molecular flexibility index (Phi) is 3.52. The summed E-state index contributed by atoms with van der Waals surface area (Å²) in [5.74, 6) is 0.336. The van der Waals surface area contributed by atoms with Crippen molar-refractivity contribution in [2.45, 2.75) is 6.54 Å². The Morgan fingerprint density at radius 1 is 1.20 bits per heavy atom. The molecule has 0 bridgehead atoms. The zero-order valence-corrected chi connectivity index (χ0v) is 12.1. The minimum Gasteiger partial charge on any atom is -0.439 e. The molecule has 0 atom stereocenters. The lowest BCUT2D eigenvalue weighted by Crippen LogP contribution is -2.22. The van der Waals surface area contributed by atoms with Crippen LogP contribution in [0, 0.1) is 0 Å². The van der Waals surface area contributed by atoms with Crippen LogP contribution in [0.25, 0.3) is 11.1 Å². The number of hydrogen-bond acceptors (Lipinski definition) is 3. The number of aromatic nitrogens is 1. The van der Waals surface area contributed by atoms with Crippen molar-refractivity contribution in [1.82, 2.24) is 10.3 Å². The van der Waals surface area contributed by atoms with E-state index in [4.69, 9.17) is 4.42 Å². The van der Waals surface area contributed by atoms with Crippen LogP contribution in [0.2, 0.25) is 0 Å². The summed E-state index contributed by atoms with van der Waals surface area (Å²) in [5.41, 5.74) is 2.11. The van der Waals surface area contributed by atoms with Crippen molar-refractivity contribution in [2.75, 3.05) is 0 Å². The number of para-hydroxylation sites is 2. The Balaban J connectivity index is 1.71. The van der Waals surface area contributed by atoms with Gasteiger partial charge in [0, 0.05) is 10.0 Å². The van der Waals surface area contributed by atoms with E-state index < -0.39 is 0 Å². The molecule has 0 fully saturated rings. The lowest BCUT2D eigenvalue weighted by atomic mass is 10.2. The summed E-state index contributed by atoms with van der Waals surface area (Å²) in [4.78, 5) is 16.3. The lowest BCUT2D eigenvalue weighted by Gasteiger charge is -2.02. The number of carbonyl (C=O) groups is 1. The van der Waals surface area contributed by atoms with Gasteiger partial charge in [0.05, 0.1) is 6.54 Å². The van der Waals surface area contributed by atoms with Gasteiger partial charge in [-0.25, -0.2) is 4.98 Å². The Labute approximate surface area is 123 Å². The van der Waals surface area contributed by atoms with Crippen molar-refractivity contribution < 1.29 is 9.21 Å². The third-order valence-electron chi connectivity index (χ3n) is 2.83. The molecule has 20 heavy (non-hydrogen) atoms. The number of carbonyl (C=O) groups excluding carboxylic acids is 1. The van der Waals surface area contributed by atoms with E-state index in [0.717, 1.165) is 15.6 Å². The van der Waals surface area contributed by atoms with Crippen molar-refractivity contribution in [1.29, 1.82) is 0 Å². The molecule has 5 heteroatoms. The number of benzene rings is 2. The predicted octanol–water partition coefficient (Wildman–Crippen LogP) is 3.52. The summed E-state index contributed by atoms with van der Waals surface area (Å²) in [6, 6.07) is 14.7. The second-order valence-corrected chi connectivity index (χ2v) is 5.18. The molecule has 0 spiro atoms. The van der Waals surface area contributed by atoms with Gasteiger partial charge in [-0.15, -0.1) is 0 Å². The molecule has 0 radical (unpaired) electrons. The van der Waals surface area contributed by atoms with Gasteiger partial charge in [-0.2, -0.15) is 0 Å². The van der Waals surface area contributed by atoms with E-state index in [0.29, 0.717) is 11.5 Å². The average molecular weight is 331 g/mol. The summed E-state index contributed by atoms with van der Waals surface area (Å²) in [6.07, 6.45) is 0. The molecule has 0 saturated heterocycles. The number of hydrogen-bond donors (Lipinski definition) is 1. The van der Waals surface area contributed by atoms with Gasteiger partial charge in [0.2, 0.25) is 5.89 Å². The van der Waals surface area contributed by atoms with Crippen LogP contribution in [-0.4, -0.2) is 10.9 Å². The number of halogens is 1. The van der Waals surface area contributed by atoms with E-state index in [1.165, 1.54) is 0 Å². The van der Waals surface area contributed by atoms with E-state index >= 15 is 0 Å². The topological polar surface area (TPSA) is 55.1 Å². The highest BCUT2D eigenvalue weighted by Crippen LogP contribution is 2.15. The molecule has 4 nitrogen and oxygen atoms in total. The van der Waals surface area contributed by atoms with Gasteiger partial charge in [-0.05, 0) is 30.3 Å². The maximum Gasteiger partial charge on any atom is 0.251 e. The number of amides is 1. The molecular weight excluding hydrogens is 320 g/mol. The molecule has 0 aliphatic heterocycles. The summed E-state index contributed by atoms with van der Waals surface area (Å²) >= 11 is 3.34. The predicted molar refractivity (Wildman–Crippen MR) is 79.3 cm³/mol. The van der Waals surface area contributed by atoms with Gasteiger partial charge in [-0.1, -0.05) is 34.1 Å².